The summed E-state index contributed by atoms with van der Waals surface area (Å²) >= 11 is 2.62. The van der Waals surface area contributed by atoms with Crippen molar-refractivity contribution in [3.63, 3.8) is 0 Å². The van der Waals surface area contributed by atoms with Gasteiger partial charge in [-0.3, -0.25) is 9.59 Å². The largest absolute Gasteiger partial charge is 0.480 e. The number of carboxylic acid groups (broad SMARTS) is 1. The summed E-state index contributed by atoms with van der Waals surface area (Å²) in [5, 5.41) is 13.3. The molecule has 1 N–H and O–H groups in total. The van der Waals surface area contributed by atoms with Crippen molar-refractivity contribution in [2.24, 2.45) is 0 Å². The molecule has 8 heteroatoms. The summed E-state index contributed by atoms with van der Waals surface area (Å²) in [5.41, 5.74) is 0.369. The lowest BCUT2D eigenvalue weighted by atomic mass is 10.4. The number of rotatable bonds is 5. The van der Waals surface area contributed by atoms with Crippen LogP contribution >= 0.6 is 23.1 Å². The predicted molar refractivity (Wildman–Crippen MR) is 74.9 cm³/mol. The van der Waals surface area contributed by atoms with Crippen LogP contribution in [0.15, 0.2) is 10.9 Å². The fourth-order valence-electron chi connectivity index (χ4n) is 1.39. The monoisotopic (exact) mass is 299 g/mol. The van der Waals surface area contributed by atoms with Crippen LogP contribution in [-0.2, 0) is 17.0 Å². The zero-order valence-electron chi connectivity index (χ0n) is 10.5. The molecule has 0 radical (unpaired) electrons. The summed E-state index contributed by atoms with van der Waals surface area (Å²) in [6.07, 6.45) is 0.758. The summed E-state index contributed by atoms with van der Waals surface area (Å²) < 4.78 is 1.29. The Morgan fingerprint density at radius 1 is 1.63 bits per heavy atom. The molecule has 2 aromatic rings. The molecule has 0 amide bonds. The Hall–Kier alpha value is -1.41. The van der Waals surface area contributed by atoms with Crippen LogP contribution in [0.25, 0.3) is 4.96 Å². The van der Waals surface area contributed by atoms with E-state index < -0.39 is 11.2 Å². The molecule has 1 atom stereocenters. The number of aryl methyl sites for hydroxylation is 1. The number of hydrogen-bond acceptors (Lipinski definition) is 6. The molecule has 0 saturated carbocycles. The molecule has 0 spiro atoms. The maximum Gasteiger partial charge on any atom is 0.316 e. The number of nitrogens with zero attached hydrogens (tertiary/aromatic N) is 3. The van der Waals surface area contributed by atoms with E-state index in [4.69, 9.17) is 5.11 Å². The molecule has 2 aromatic heterocycles. The molecule has 0 aliphatic rings. The maximum absolute atomic E-state index is 11.8. The highest BCUT2D eigenvalue weighted by atomic mass is 32.2. The van der Waals surface area contributed by atoms with Crippen LogP contribution in [0.3, 0.4) is 0 Å². The Balaban J connectivity index is 2.25. The van der Waals surface area contributed by atoms with Crippen LogP contribution in [0.2, 0.25) is 0 Å². The van der Waals surface area contributed by atoms with Crippen LogP contribution in [0.5, 0.6) is 0 Å². The first-order valence-electron chi connectivity index (χ1n) is 5.74. The fraction of sp³-hybridized carbons (Fsp3) is 0.455. The number of thioether (sulfide) groups is 1. The highest BCUT2D eigenvalue weighted by Crippen LogP contribution is 2.18. The van der Waals surface area contributed by atoms with Crippen LogP contribution < -0.4 is 5.56 Å². The van der Waals surface area contributed by atoms with E-state index >= 15 is 0 Å². The highest BCUT2D eigenvalue weighted by Gasteiger charge is 2.13. The van der Waals surface area contributed by atoms with Crippen LogP contribution in [0.4, 0.5) is 0 Å². The van der Waals surface area contributed by atoms with Crippen molar-refractivity contribution in [3.8, 4) is 0 Å². The van der Waals surface area contributed by atoms with E-state index in [0.29, 0.717) is 16.4 Å². The molecule has 2 rings (SSSR count). The van der Waals surface area contributed by atoms with Gasteiger partial charge in [0.05, 0.1) is 10.9 Å². The van der Waals surface area contributed by atoms with Gasteiger partial charge in [0.15, 0.2) is 0 Å². The van der Waals surface area contributed by atoms with Gasteiger partial charge in [0.1, 0.15) is 5.01 Å². The molecule has 0 saturated heterocycles. The van der Waals surface area contributed by atoms with Gasteiger partial charge in [0, 0.05) is 11.8 Å². The number of fused-ring (bicyclic) bond motifs is 1. The molecule has 2 heterocycles. The summed E-state index contributed by atoms with van der Waals surface area (Å²) in [5.74, 6) is -0.465. The zero-order chi connectivity index (χ0) is 14.0. The van der Waals surface area contributed by atoms with Gasteiger partial charge in [-0.1, -0.05) is 18.3 Å². The van der Waals surface area contributed by atoms with Crippen molar-refractivity contribution in [1.29, 1.82) is 0 Å². The second-order valence-electron chi connectivity index (χ2n) is 3.92. The topological polar surface area (TPSA) is 84.6 Å². The summed E-state index contributed by atoms with van der Waals surface area (Å²) in [6.45, 7) is 3.58. The minimum Gasteiger partial charge on any atom is -0.480 e. The highest BCUT2D eigenvalue weighted by molar-refractivity contribution is 7.99. The summed E-state index contributed by atoms with van der Waals surface area (Å²) in [6, 6.07) is 1.41. The van der Waals surface area contributed by atoms with Crippen LogP contribution in [0, 0.1) is 0 Å². The van der Waals surface area contributed by atoms with Crippen molar-refractivity contribution in [2.45, 2.75) is 31.3 Å². The average Bonchev–Trinajstić information content (AvgIpc) is 2.79. The van der Waals surface area contributed by atoms with E-state index in [2.05, 4.69) is 10.1 Å². The summed E-state index contributed by atoms with van der Waals surface area (Å²) in [7, 11) is 0. The van der Waals surface area contributed by atoms with Gasteiger partial charge in [-0.05, 0) is 13.3 Å². The molecule has 6 nitrogen and oxygen atoms in total. The molecular weight excluding hydrogens is 286 g/mol. The van der Waals surface area contributed by atoms with Gasteiger partial charge in [0.25, 0.3) is 5.56 Å². The first-order chi connectivity index (χ1) is 9.01. The van der Waals surface area contributed by atoms with Crippen molar-refractivity contribution < 1.29 is 9.90 Å². The Kier molecular flexibility index (Phi) is 4.20. The predicted octanol–water partition coefficient (Wildman–Crippen LogP) is 1.42. The molecule has 0 fully saturated rings. The molecule has 1 unspecified atom stereocenters. The first kappa shape index (κ1) is 14.0. The van der Waals surface area contributed by atoms with Gasteiger partial charge in [-0.15, -0.1) is 11.8 Å². The SMILES string of the molecule is CCc1nn2c(=O)cc(CSC(C)C(=O)O)nc2s1. The van der Waals surface area contributed by atoms with Gasteiger partial charge < -0.3 is 5.11 Å². The standard InChI is InChI=1S/C11H13N3O3S2/c1-3-8-13-14-9(15)4-7(12-11(14)19-8)5-18-6(2)10(16)17/h4,6H,3,5H2,1-2H3,(H,16,17). The van der Waals surface area contributed by atoms with Crippen molar-refractivity contribution in [3.05, 3.63) is 27.1 Å². The van der Waals surface area contributed by atoms with E-state index in [1.54, 1.807) is 6.92 Å². The van der Waals surface area contributed by atoms with Gasteiger partial charge in [0.2, 0.25) is 4.96 Å². The van der Waals surface area contributed by atoms with Crippen molar-refractivity contribution in [2.75, 3.05) is 0 Å². The third kappa shape index (κ3) is 3.13. The number of aliphatic carboxylic acids is 1. The normalized spacial score (nSPS) is 12.7. The third-order valence-electron chi connectivity index (χ3n) is 2.47. The van der Waals surface area contributed by atoms with E-state index in [1.165, 1.54) is 33.7 Å². The molecular formula is C11H13N3O3S2. The fourth-order valence-corrected chi connectivity index (χ4v) is 2.96. The number of carbonyl (C=O) groups is 1. The lowest BCUT2D eigenvalue weighted by Gasteiger charge is -2.04. The van der Waals surface area contributed by atoms with E-state index in [-0.39, 0.29) is 5.56 Å². The summed E-state index contributed by atoms with van der Waals surface area (Å²) in [4.78, 5) is 27.5. The Labute approximate surface area is 117 Å². The molecule has 0 aliphatic carbocycles. The van der Waals surface area contributed by atoms with Gasteiger partial charge in [-0.25, -0.2) is 4.98 Å². The van der Waals surface area contributed by atoms with Crippen molar-refractivity contribution in [1.82, 2.24) is 14.6 Å². The minimum absolute atomic E-state index is 0.223. The second-order valence-corrected chi connectivity index (χ2v) is 6.29. The quantitative estimate of drug-likeness (QED) is 0.899. The molecule has 19 heavy (non-hydrogen) atoms. The number of aromatic nitrogens is 3. The lowest BCUT2D eigenvalue weighted by molar-refractivity contribution is -0.136. The Morgan fingerprint density at radius 2 is 2.37 bits per heavy atom. The second kappa shape index (κ2) is 5.70. The zero-order valence-corrected chi connectivity index (χ0v) is 12.1. The van der Waals surface area contributed by atoms with E-state index in [0.717, 1.165) is 11.4 Å². The number of hydrogen-bond donors (Lipinski definition) is 1. The van der Waals surface area contributed by atoms with Crippen molar-refractivity contribution >= 4 is 34.0 Å². The first-order valence-corrected chi connectivity index (χ1v) is 7.61. The molecule has 0 aromatic carbocycles. The third-order valence-corrected chi connectivity index (χ3v) is 4.69. The van der Waals surface area contributed by atoms with E-state index in [9.17, 15) is 9.59 Å². The average molecular weight is 299 g/mol. The number of carboxylic acids is 1. The maximum atomic E-state index is 11.8. The Morgan fingerprint density at radius 3 is 3.00 bits per heavy atom. The smallest absolute Gasteiger partial charge is 0.316 e. The van der Waals surface area contributed by atoms with Gasteiger partial charge >= 0.3 is 5.97 Å². The Bertz CT molecular complexity index is 665. The van der Waals surface area contributed by atoms with Crippen LogP contribution in [0.1, 0.15) is 24.5 Å². The minimum atomic E-state index is -0.867. The van der Waals surface area contributed by atoms with Crippen LogP contribution in [-0.4, -0.2) is 30.9 Å². The molecule has 102 valence electrons. The van der Waals surface area contributed by atoms with Gasteiger partial charge in [-0.2, -0.15) is 9.61 Å². The molecule has 0 aliphatic heterocycles. The molecule has 0 bridgehead atoms. The lowest BCUT2D eigenvalue weighted by Crippen LogP contribution is -2.16. The van der Waals surface area contributed by atoms with E-state index in [1.807, 2.05) is 6.92 Å².